The highest BCUT2D eigenvalue weighted by Gasteiger charge is 2.21. The van der Waals surface area contributed by atoms with E-state index in [2.05, 4.69) is 0 Å². The van der Waals surface area contributed by atoms with Crippen LogP contribution in [0.15, 0.2) is 12.1 Å². The number of ether oxygens (including phenoxy) is 2. The van der Waals surface area contributed by atoms with Crippen molar-refractivity contribution in [3.05, 3.63) is 23.3 Å². The molecule has 2 rings (SSSR count). The van der Waals surface area contributed by atoms with Crippen LogP contribution >= 0.6 is 0 Å². The first kappa shape index (κ1) is 13.7. The van der Waals surface area contributed by atoms with Crippen LogP contribution < -0.4 is 9.47 Å². The Morgan fingerprint density at radius 1 is 1.05 bits per heavy atom. The first-order chi connectivity index (χ1) is 9.17. The Bertz CT molecular complexity index is 465. The number of hydrogen-bond acceptors (Lipinski definition) is 3. The molecular formula is C15H21NO3. The molecule has 1 aromatic carbocycles. The number of methoxy groups -OCH3 is 2. The van der Waals surface area contributed by atoms with Crippen molar-refractivity contribution in [1.29, 1.82) is 0 Å². The third-order valence-electron chi connectivity index (χ3n) is 3.60. The number of likely N-dealkylation sites (tertiary alicyclic amines) is 1. The maximum absolute atomic E-state index is 12.5. The van der Waals surface area contributed by atoms with Gasteiger partial charge >= 0.3 is 0 Å². The van der Waals surface area contributed by atoms with Crippen molar-refractivity contribution in [3.63, 3.8) is 0 Å². The average Bonchev–Trinajstić information content (AvgIpc) is 2.47. The lowest BCUT2D eigenvalue weighted by molar-refractivity contribution is 0.0723. The van der Waals surface area contributed by atoms with E-state index in [0.717, 1.165) is 31.5 Å². The molecule has 4 heteroatoms. The highest BCUT2D eigenvalue weighted by atomic mass is 16.5. The minimum Gasteiger partial charge on any atom is -0.493 e. The van der Waals surface area contributed by atoms with Crippen LogP contribution in [0.5, 0.6) is 11.5 Å². The third-order valence-corrected chi connectivity index (χ3v) is 3.60. The van der Waals surface area contributed by atoms with Crippen molar-refractivity contribution < 1.29 is 14.3 Å². The summed E-state index contributed by atoms with van der Waals surface area (Å²) in [6.07, 6.45) is 3.41. The van der Waals surface area contributed by atoms with Gasteiger partial charge in [-0.2, -0.15) is 0 Å². The minimum atomic E-state index is 0.0955. The number of piperidine rings is 1. The number of hydrogen-bond donors (Lipinski definition) is 0. The van der Waals surface area contributed by atoms with Gasteiger partial charge in [0.1, 0.15) is 0 Å². The largest absolute Gasteiger partial charge is 0.493 e. The number of rotatable bonds is 3. The Balaban J connectivity index is 2.30. The van der Waals surface area contributed by atoms with Crippen molar-refractivity contribution in [3.8, 4) is 11.5 Å². The molecule has 104 valence electrons. The molecule has 1 saturated heterocycles. The number of nitrogens with zero attached hydrogens (tertiary/aromatic N) is 1. The smallest absolute Gasteiger partial charge is 0.254 e. The van der Waals surface area contributed by atoms with Crippen LogP contribution in [0, 0.1) is 6.92 Å². The van der Waals surface area contributed by atoms with E-state index >= 15 is 0 Å². The molecule has 1 aromatic rings. The molecule has 1 heterocycles. The van der Waals surface area contributed by atoms with E-state index in [1.165, 1.54) is 6.42 Å². The van der Waals surface area contributed by atoms with Crippen LogP contribution in [0.1, 0.15) is 35.2 Å². The van der Waals surface area contributed by atoms with E-state index in [-0.39, 0.29) is 5.91 Å². The topological polar surface area (TPSA) is 38.8 Å². The predicted octanol–water partition coefficient (Wildman–Crippen LogP) is 2.64. The van der Waals surface area contributed by atoms with Gasteiger partial charge in [-0.3, -0.25) is 4.79 Å². The zero-order valence-electron chi connectivity index (χ0n) is 11.9. The van der Waals surface area contributed by atoms with Gasteiger partial charge < -0.3 is 14.4 Å². The molecule has 0 bridgehead atoms. The highest BCUT2D eigenvalue weighted by Crippen LogP contribution is 2.31. The Kier molecular flexibility index (Phi) is 4.30. The summed E-state index contributed by atoms with van der Waals surface area (Å²) in [5.41, 5.74) is 1.63. The summed E-state index contributed by atoms with van der Waals surface area (Å²) in [5.74, 6) is 1.36. The zero-order valence-corrected chi connectivity index (χ0v) is 11.9. The summed E-state index contributed by atoms with van der Waals surface area (Å²) in [4.78, 5) is 14.4. The molecule has 0 saturated carbocycles. The Hall–Kier alpha value is -1.71. The standard InChI is InChI=1S/C15H21NO3/c1-11-9-13(18-2)14(19-3)10-12(11)15(17)16-7-5-4-6-8-16/h9-10H,4-8H2,1-3H3. The highest BCUT2D eigenvalue weighted by molar-refractivity contribution is 5.96. The van der Waals surface area contributed by atoms with E-state index in [4.69, 9.17) is 9.47 Å². The molecule has 1 aliphatic rings. The second-order valence-electron chi connectivity index (χ2n) is 4.87. The van der Waals surface area contributed by atoms with Gasteiger partial charge in [0.25, 0.3) is 5.91 Å². The fourth-order valence-corrected chi connectivity index (χ4v) is 2.48. The minimum absolute atomic E-state index is 0.0955. The molecular weight excluding hydrogens is 242 g/mol. The van der Waals surface area contributed by atoms with Crippen molar-refractivity contribution >= 4 is 5.91 Å². The molecule has 19 heavy (non-hydrogen) atoms. The molecule has 0 aliphatic carbocycles. The maximum Gasteiger partial charge on any atom is 0.254 e. The maximum atomic E-state index is 12.5. The van der Waals surface area contributed by atoms with Crippen molar-refractivity contribution in [2.75, 3.05) is 27.3 Å². The summed E-state index contributed by atoms with van der Waals surface area (Å²) in [7, 11) is 3.19. The van der Waals surface area contributed by atoms with Gasteiger partial charge in [-0.1, -0.05) is 0 Å². The molecule has 0 N–H and O–H groups in total. The summed E-state index contributed by atoms with van der Waals surface area (Å²) < 4.78 is 10.5. The Morgan fingerprint density at radius 3 is 2.21 bits per heavy atom. The van der Waals surface area contributed by atoms with E-state index in [0.29, 0.717) is 17.1 Å². The van der Waals surface area contributed by atoms with Gasteiger partial charge in [0.15, 0.2) is 11.5 Å². The summed E-state index contributed by atoms with van der Waals surface area (Å²) >= 11 is 0. The molecule has 1 amide bonds. The summed E-state index contributed by atoms with van der Waals surface area (Å²) in [6.45, 7) is 3.64. The number of carbonyl (C=O) groups excluding carboxylic acids is 1. The quantitative estimate of drug-likeness (QED) is 0.841. The lowest BCUT2D eigenvalue weighted by Gasteiger charge is -2.27. The zero-order chi connectivity index (χ0) is 13.8. The monoisotopic (exact) mass is 263 g/mol. The molecule has 0 unspecified atom stereocenters. The molecule has 0 radical (unpaired) electrons. The lowest BCUT2D eigenvalue weighted by Crippen LogP contribution is -2.35. The van der Waals surface area contributed by atoms with E-state index in [1.807, 2.05) is 17.9 Å². The molecule has 4 nitrogen and oxygen atoms in total. The first-order valence-corrected chi connectivity index (χ1v) is 6.69. The Labute approximate surface area is 114 Å². The van der Waals surface area contributed by atoms with Crippen LogP contribution in [-0.2, 0) is 0 Å². The fourth-order valence-electron chi connectivity index (χ4n) is 2.48. The summed E-state index contributed by atoms with van der Waals surface area (Å²) in [5, 5.41) is 0. The molecule has 1 fully saturated rings. The average molecular weight is 263 g/mol. The second kappa shape index (κ2) is 5.95. The van der Waals surface area contributed by atoms with Crippen molar-refractivity contribution in [2.45, 2.75) is 26.2 Å². The van der Waals surface area contributed by atoms with Crippen molar-refractivity contribution in [1.82, 2.24) is 4.90 Å². The number of benzene rings is 1. The predicted molar refractivity (Wildman–Crippen MR) is 74.0 cm³/mol. The molecule has 0 aromatic heterocycles. The molecule has 0 atom stereocenters. The number of amides is 1. The third kappa shape index (κ3) is 2.83. The first-order valence-electron chi connectivity index (χ1n) is 6.69. The van der Waals surface area contributed by atoms with Crippen molar-refractivity contribution in [2.24, 2.45) is 0 Å². The van der Waals surface area contributed by atoms with Gasteiger partial charge in [0, 0.05) is 18.7 Å². The van der Waals surface area contributed by atoms with Gasteiger partial charge in [-0.05, 0) is 43.9 Å². The van der Waals surface area contributed by atoms with Gasteiger partial charge in [-0.15, -0.1) is 0 Å². The summed E-state index contributed by atoms with van der Waals surface area (Å²) in [6, 6.07) is 3.64. The van der Waals surface area contributed by atoms with Crippen LogP contribution in [-0.4, -0.2) is 38.1 Å². The second-order valence-corrected chi connectivity index (χ2v) is 4.87. The van der Waals surface area contributed by atoms with Crippen LogP contribution in [0.2, 0.25) is 0 Å². The Morgan fingerprint density at radius 2 is 1.63 bits per heavy atom. The van der Waals surface area contributed by atoms with Gasteiger partial charge in [0.2, 0.25) is 0 Å². The number of carbonyl (C=O) groups is 1. The van der Waals surface area contributed by atoms with E-state index in [9.17, 15) is 4.79 Å². The molecule has 0 spiro atoms. The van der Waals surface area contributed by atoms with Crippen LogP contribution in [0.3, 0.4) is 0 Å². The number of aryl methyl sites for hydroxylation is 1. The van der Waals surface area contributed by atoms with E-state index < -0.39 is 0 Å². The van der Waals surface area contributed by atoms with Gasteiger partial charge in [0.05, 0.1) is 14.2 Å². The van der Waals surface area contributed by atoms with E-state index in [1.54, 1.807) is 20.3 Å². The normalized spacial score (nSPS) is 15.2. The fraction of sp³-hybridized carbons (Fsp3) is 0.533. The van der Waals surface area contributed by atoms with Crippen LogP contribution in [0.4, 0.5) is 0 Å². The van der Waals surface area contributed by atoms with Gasteiger partial charge in [-0.25, -0.2) is 0 Å². The SMILES string of the molecule is COc1cc(C)c(C(=O)N2CCCCC2)cc1OC. The lowest BCUT2D eigenvalue weighted by atomic mass is 10.0. The van der Waals surface area contributed by atoms with Crippen LogP contribution in [0.25, 0.3) is 0 Å². The molecule has 1 aliphatic heterocycles.